The number of amides is 1. The van der Waals surface area contributed by atoms with Gasteiger partial charge in [-0.15, -0.1) is 11.3 Å². The van der Waals surface area contributed by atoms with Gasteiger partial charge < -0.3 is 5.32 Å². The van der Waals surface area contributed by atoms with Crippen LogP contribution in [0.1, 0.15) is 35.4 Å². The van der Waals surface area contributed by atoms with Gasteiger partial charge in [0.2, 0.25) is 0 Å². The number of hydrogen-bond donors (Lipinski definition) is 1. The highest BCUT2D eigenvalue weighted by molar-refractivity contribution is 7.20. The van der Waals surface area contributed by atoms with Crippen molar-refractivity contribution in [3.63, 3.8) is 0 Å². The Hall–Kier alpha value is -1.10. The number of nitrogens with zero attached hydrogens (tertiary/aromatic N) is 1. The lowest BCUT2D eigenvalue weighted by atomic mass is 9.77. The number of hydrogen-bond acceptors (Lipinski definition) is 3. The first-order valence-electron chi connectivity index (χ1n) is 8.41. The Kier molecular flexibility index (Phi) is 3.07. The van der Waals surface area contributed by atoms with Crippen molar-refractivity contribution in [1.82, 2.24) is 10.2 Å². The van der Waals surface area contributed by atoms with Gasteiger partial charge in [-0.1, -0.05) is 17.7 Å². The van der Waals surface area contributed by atoms with Crippen LogP contribution in [0.2, 0.25) is 5.02 Å². The molecular weight excluding hydrogens is 328 g/mol. The summed E-state index contributed by atoms with van der Waals surface area (Å²) in [6.45, 7) is 2.44. The number of rotatable bonds is 2. The Morgan fingerprint density at radius 1 is 1.26 bits per heavy atom. The van der Waals surface area contributed by atoms with Crippen molar-refractivity contribution >= 4 is 38.9 Å². The van der Waals surface area contributed by atoms with Crippen LogP contribution in [-0.2, 0) is 0 Å². The normalized spacial score (nSPS) is 30.7. The molecule has 4 heterocycles. The highest BCUT2D eigenvalue weighted by atomic mass is 35.5. The molecule has 1 amide bonds. The topological polar surface area (TPSA) is 32.3 Å². The number of piperidine rings is 3. The van der Waals surface area contributed by atoms with E-state index in [-0.39, 0.29) is 11.4 Å². The van der Waals surface area contributed by atoms with Gasteiger partial charge in [-0.25, -0.2) is 0 Å². The summed E-state index contributed by atoms with van der Waals surface area (Å²) in [5, 5.41) is 5.21. The molecule has 2 aromatic rings. The van der Waals surface area contributed by atoms with E-state index in [1.807, 2.05) is 24.3 Å². The van der Waals surface area contributed by atoms with Gasteiger partial charge in [-0.2, -0.15) is 0 Å². The average molecular weight is 347 g/mol. The SMILES string of the molecule is O=C(N[C@@H]1C2CCN(CC2)C12CC2)c1cc2ccc(Cl)cc2s1. The fourth-order valence-electron chi connectivity index (χ4n) is 4.65. The van der Waals surface area contributed by atoms with Gasteiger partial charge in [0.25, 0.3) is 5.91 Å². The van der Waals surface area contributed by atoms with E-state index in [1.165, 1.54) is 50.1 Å². The molecule has 2 bridgehead atoms. The fourth-order valence-corrected chi connectivity index (χ4v) is 5.89. The van der Waals surface area contributed by atoms with E-state index in [1.54, 1.807) is 0 Å². The van der Waals surface area contributed by atoms with Gasteiger partial charge in [0.1, 0.15) is 0 Å². The third-order valence-electron chi connectivity index (χ3n) is 5.97. The molecule has 4 aliphatic rings. The Morgan fingerprint density at radius 2 is 2.04 bits per heavy atom. The van der Waals surface area contributed by atoms with Crippen LogP contribution in [0, 0.1) is 5.92 Å². The molecule has 1 atom stereocenters. The quantitative estimate of drug-likeness (QED) is 0.894. The van der Waals surface area contributed by atoms with E-state index in [0.29, 0.717) is 12.0 Å². The zero-order chi connectivity index (χ0) is 15.6. The number of nitrogens with one attached hydrogen (secondary N) is 1. The van der Waals surface area contributed by atoms with Crippen LogP contribution in [0.5, 0.6) is 0 Å². The maximum Gasteiger partial charge on any atom is 0.261 e. The van der Waals surface area contributed by atoms with E-state index in [0.717, 1.165) is 20.0 Å². The third-order valence-corrected chi connectivity index (χ3v) is 7.31. The smallest absolute Gasteiger partial charge is 0.261 e. The average Bonchev–Trinajstić information content (AvgIpc) is 3.22. The van der Waals surface area contributed by atoms with Crippen LogP contribution in [0.25, 0.3) is 10.1 Å². The first-order chi connectivity index (χ1) is 11.2. The second-order valence-corrected chi connectivity index (χ2v) is 8.69. The molecule has 6 rings (SSSR count). The van der Waals surface area contributed by atoms with Crippen molar-refractivity contribution < 1.29 is 4.79 Å². The number of fused-ring (bicyclic) bond motifs is 3. The molecule has 5 heteroatoms. The first kappa shape index (κ1) is 14.3. The monoisotopic (exact) mass is 346 g/mol. The molecule has 0 radical (unpaired) electrons. The lowest BCUT2D eigenvalue weighted by molar-refractivity contribution is -0.00138. The van der Waals surface area contributed by atoms with Crippen molar-refractivity contribution in [3.8, 4) is 0 Å². The molecule has 120 valence electrons. The minimum Gasteiger partial charge on any atom is -0.346 e. The van der Waals surface area contributed by atoms with Crippen LogP contribution in [0.15, 0.2) is 24.3 Å². The number of thiophene rings is 1. The molecule has 1 N–H and O–H groups in total. The predicted octanol–water partition coefficient (Wildman–Crippen LogP) is 3.91. The molecule has 1 aromatic heterocycles. The van der Waals surface area contributed by atoms with Crippen LogP contribution in [0.4, 0.5) is 0 Å². The first-order valence-corrected chi connectivity index (χ1v) is 9.60. The second-order valence-electron chi connectivity index (χ2n) is 7.17. The molecule has 3 nitrogen and oxygen atoms in total. The van der Waals surface area contributed by atoms with Crippen molar-refractivity contribution in [3.05, 3.63) is 34.2 Å². The van der Waals surface area contributed by atoms with Gasteiger partial charge in [0.05, 0.1) is 10.9 Å². The van der Waals surface area contributed by atoms with Crippen molar-refractivity contribution in [2.45, 2.75) is 37.3 Å². The molecular formula is C18H19ClN2OS. The molecule has 1 saturated carbocycles. The number of halogens is 1. The van der Waals surface area contributed by atoms with E-state index >= 15 is 0 Å². The highest BCUT2D eigenvalue weighted by Gasteiger charge is 2.60. The van der Waals surface area contributed by atoms with Gasteiger partial charge in [0.15, 0.2) is 0 Å². The van der Waals surface area contributed by atoms with Crippen LogP contribution < -0.4 is 5.32 Å². The van der Waals surface area contributed by atoms with Gasteiger partial charge in [0, 0.05) is 15.3 Å². The molecule has 3 saturated heterocycles. The summed E-state index contributed by atoms with van der Waals surface area (Å²) in [7, 11) is 0. The summed E-state index contributed by atoms with van der Waals surface area (Å²) in [5.74, 6) is 0.752. The van der Waals surface area contributed by atoms with E-state index in [9.17, 15) is 4.79 Å². The number of carbonyl (C=O) groups is 1. The Bertz CT molecular complexity index is 789. The highest BCUT2D eigenvalue weighted by Crippen LogP contribution is 2.53. The summed E-state index contributed by atoms with van der Waals surface area (Å²) < 4.78 is 1.08. The standard InChI is InChI=1S/C18H19ClN2OS/c19-13-2-1-12-9-15(23-14(12)10-13)17(22)20-16-11-3-7-21(8-4-11)18(16)5-6-18/h1-2,9-11,16H,3-8H2,(H,20,22)/t16-/m1/s1. The molecule has 23 heavy (non-hydrogen) atoms. The van der Waals surface area contributed by atoms with Crippen LogP contribution >= 0.6 is 22.9 Å². The molecule has 1 spiro atoms. The van der Waals surface area contributed by atoms with Gasteiger partial charge >= 0.3 is 0 Å². The number of benzene rings is 1. The Balaban J connectivity index is 1.42. The summed E-state index contributed by atoms with van der Waals surface area (Å²) in [6.07, 6.45) is 4.95. The Labute approximate surface area is 144 Å². The van der Waals surface area contributed by atoms with E-state index < -0.39 is 0 Å². The fraction of sp³-hybridized carbons (Fsp3) is 0.500. The molecule has 1 aromatic carbocycles. The zero-order valence-electron chi connectivity index (χ0n) is 12.8. The lowest BCUT2D eigenvalue weighted by Gasteiger charge is -2.52. The van der Waals surface area contributed by atoms with Crippen LogP contribution in [-0.4, -0.2) is 35.5 Å². The largest absolute Gasteiger partial charge is 0.346 e. The summed E-state index contributed by atoms with van der Waals surface area (Å²) in [4.78, 5) is 16.2. The maximum atomic E-state index is 12.8. The molecule has 0 unspecified atom stereocenters. The van der Waals surface area contributed by atoms with Crippen molar-refractivity contribution in [2.75, 3.05) is 13.1 Å². The third kappa shape index (κ3) is 2.15. The van der Waals surface area contributed by atoms with Crippen molar-refractivity contribution in [1.29, 1.82) is 0 Å². The van der Waals surface area contributed by atoms with E-state index in [2.05, 4.69) is 10.2 Å². The second kappa shape index (κ2) is 4.95. The molecule has 4 fully saturated rings. The van der Waals surface area contributed by atoms with Gasteiger partial charge in [-0.05, 0) is 68.3 Å². The summed E-state index contributed by atoms with van der Waals surface area (Å²) in [6, 6.07) is 8.14. The van der Waals surface area contributed by atoms with Gasteiger partial charge in [-0.3, -0.25) is 9.69 Å². The predicted molar refractivity (Wildman–Crippen MR) is 94.4 cm³/mol. The molecule has 3 aliphatic heterocycles. The number of carbonyl (C=O) groups excluding carboxylic acids is 1. The zero-order valence-corrected chi connectivity index (χ0v) is 14.4. The van der Waals surface area contributed by atoms with E-state index in [4.69, 9.17) is 11.6 Å². The Morgan fingerprint density at radius 3 is 2.78 bits per heavy atom. The summed E-state index contributed by atoms with van der Waals surface area (Å²) in [5.41, 5.74) is 0.289. The van der Waals surface area contributed by atoms with Crippen LogP contribution in [0.3, 0.4) is 0 Å². The molecule has 1 aliphatic carbocycles. The lowest BCUT2D eigenvalue weighted by Crippen LogP contribution is -2.65. The summed E-state index contributed by atoms with van der Waals surface area (Å²) >= 11 is 7.59. The minimum absolute atomic E-state index is 0.0901. The maximum absolute atomic E-state index is 12.8. The minimum atomic E-state index is 0.0901. The van der Waals surface area contributed by atoms with Crippen molar-refractivity contribution in [2.24, 2.45) is 5.92 Å².